The van der Waals surface area contributed by atoms with Crippen LogP contribution in [0.4, 0.5) is 5.69 Å². The number of benzene rings is 2. The number of hydrogen-bond donors (Lipinski definition) is 1. The van der Waals surface area contributed by atoms with E-state index in [0.717, 1.165) is 22.6 Å². The van der Waals surface area contributed by atoms with Crippen molar-refractivity contribution in [1.29, 1.82) is 0 Å². The Labute approximate surface area is 171 Å². The summed E-state index contributed by atoms with van der Waals surface area (Å²) in [6.45, 7) is 1.88. The first-order chi connectivity index (χ1) is 14.7. The van der Waals surface area contributed by atoms with Crippen LogP contribution in [0.2, 0.25) is 0 Å². The molecule has 1 amide bonds. The maximum atomic E-state index is 12.8. The Balaban J connectivity index is 1.35. The van der Waals surface area contributed by atoms with Gasteiger partial charge < -0.3 is 5.32 Å². The van der Waals surface area contributed by atoms with Crippen molar-refractivity contribution in [3.8, 4) is 16.9 Å². The topological polar surface area (TPSA) is 90.0 Å². The zero-order valence-corrected chi connectivity index (χ0v) is 16.1. The fourth-order valence-corrected chi connectivity index (χ4v) is 3.27. The summed E-state index contributed by atoms with van der Waals surface area (Å²) in [6.07, 6.45) is 3.15. The Morgan fingerprint density at radius 2 is 1.77 bits per heavy atom. The lowest BCUT2D eigenvalue weighted by Crippen LogP contribution is -2.13. The second kappa shape index (κ2) is 7.25. The summed E-state index contributed by atoms with van der Waals surface area (Å²) in [6, 6.07) is 21.0. The Morgan fingerprint density at radius 3 is 2.57 bits per heavy atom. The number of fused-ring (bicyclic) bond motifs is 1. The summed E-state index contributed by atoms with van der Waals surface area (Å²) < 4.78 is 3.38. The average molecular weight is 395 g/mol. The van der Waals surface area contributed by atoms with Crippen molar-refractivity contribution >= 4 is 17.2 Å². The molecule has 1 N–H and O–H groups in total. The van der Waals surface area contributed by atoms with Gasteiger partial charge in [0, 0.05) is 11.3 Å². The van der Waals surface area contributed by atoms with Gasteiger partial charge in [0.05, 0.1) is 28.8 Å². The smallest absolute Gasteiger partial charge is 0.259 e. The largest absolute Gasteiger partial charge is 0.322 e. The third kappa shape index (κ3) is 3.20. The molecule has 8 nitrogen and oxygen atoms in total. The molecule has 146 valence electrons. The molecule has 0 aliphatic carbocycles. The summed E-state index contributed by atoms with van der Waals surface area (Å²) in [5, 5.41) is 19.6. The van der Waals surface area contributed by atoms with Crippen LogP contribution < -0.4 is 5.32 Å². The maximum Gasteiger partial charge on any atom is 0.259 e. The molecule has 0 saturated carbocycles. The van der Waals surface area contributed by atoms with Gasteiger partial charge in [-0.15, -0.1) is 10.2 Å². The molecule has 3 aromatic heterocycles. The van der Waals surface area contributed by atoms with Crippen molar-refractivity contribution in [2.24, 2.45) is 0 Å². The zero-order chi connectivity index (χ0) is 20.5. The lowest BCUT2D eigenvalue weighted by molar-refractivity contribution is 0.102. The monoisotopic (exact) mass is 395 g/mol. The summed E-state index contributed by atoms with van der Waals surface area (Å²) in [7, 11) is 0. The number of anilines is 1. The molecule has 5 rings (SSSR count). The lowest BCUT2D eigenvalue weighted by atomic mass is 10.1. The van der Waals surface area contributed by atoms with Crippen molar-refractivity contribution in [3.05, 3.63) is 90.5 Å². The highest BCUT2D eigenvalue weighted by Crippen LogP contribution is 2.21. The number of aromatic nitrogens is 6. The van der Waals surface area contributed by atoms with Crippen LogP contribution in [-0.4, -0.2) is 35.5 Å². The van der Waals surface area contributed by atoms with Crippen LogP contribution in [0.3, 0.4) is 0 Å². The normalized spacial score (nSPS) is 11.0. The van der Waals surface area contributed by atoms with E-state index in [9.17, 15) is 4.79 Å². The third-order valence-corrected chi connectivity index (χ3v) is 4.86. The van der Waals surface area contributed by atoms with E-state index in [1.807, 2.05) is 73.7 Å². The summed E-state index contributed by atoms with van der Waals surface area (Å²) in [5.41, 5.74) is 5.33. The first-order valence-electron chi connectivity index (χ1n) is 9.38. The molecule has 2 aromatic carbocycles. The Kier molecular flexibility index (Phi) is 4.29. The van der Waals surface area contributed by atoms with Gasteiger partial charge in [0.15, 0.2) is 5.65 Å². The van der Waals surface area contributed by atoms with Gasteiger partial charge in [-0.05, 0) is 43.3 Å². The molecule has 8 heteroatoms. The van der Waals surface area contributed by atoms with Gasteiger partial charge in [-0.2, -0.15) is 14.7 Å². The number of para-hydroxylation sites is 1. The first-order valence-corrected chi connectivity index (χ1v) is 9.38. The van der Waals surface area contributed by atoms with E-state index in [0.29, 0.717) is 16.9 Å². The fourth-order valence-electron chi connectivity index (χ4n) is 3.27. The zero-order valence-electron chi connectivity index (χ0n) is 16.1. The molecule has 0 spiro atoms. The Bertz CT molecular complexity index is 1340. The number of carbonyl (C=O) groups excluding carboxylic acids is 1. The predicted molar refractivity (Wildman–Crippen MR) is 112 cm³/mol. The van der Waals surface area contributed by atoms with E-state index in [1.165, 1.54) is 0 Å². The van der Waals surface area contributed by atoms with Crippen LogP contribution in [0.1, 0.15) is 16.1 Å². The highest BCUT2D eigenvalue weighted by molar-refractivity contribution is 6.05. The molecule has 0 aliphatic heterocycles. The van der Waals surface area contributed by atoms with Gasteiger partial charge in [-0.25, -0.2) is 4.68 Å². The van der Waals surface area contributed by atoms with Crippen molar-refractivity contribution in [2.75, 3.05) is 5.32 Å². The summed E-state index contributed by atoms with van der Waals surface area (Å²) in [4.78, 5) is 12.8. The number of amides is 1. The molecule has 0 radical (unpaired) electrons. The average Bonchev–Trinajstić information content (AvgIpc) is 3.41. The van der Waals surface area contributed by atoms with Gasteiger partial charge in [-0.1, -0.05) is 30.3 Å². The van der Waals surface area contributed by atoms with E-state index in [1.54, 1.807) is 21.7 Å². The number of nitrogens with one attached hydrogen (secondary N) is 1. The molecule has 0 bridgehead atoms. The van der Waals surface area contributed by atoms with Crippen molar-refractivity contribution in [2.45, 2.75) is 6.92 Å². The number of carbonyl (C=O) groups is 1. The third-order valence-electron chi connectivity index (χ3n) is 4.86. The van der Waals surface area contributed by atoms with E-state index < -0.39 is 0 Å². The lowest BCUT2D eigenvalue weighted by Gasteiger charge is -2.07. The van der Waals surface area contributed by atoms with Crippen molar-refractivity contribution in [1.82, 2.24) is 29.6 Å². The van der Waals surface area contributed by atoms with Crippen molar-refractivity contribution < 1.29 is 4.79 Å². The van der Waals surface area contributed by atoms with Crippen LogP contribution in [0, 0.1) is 6.92 Å². The van der Waals surface area contributed by atoms with Gasteiger partial charge in [0.1, 0.15) is 6.33 Å². The molecular formula is C22H17N7O. The van der Waals surface area contributed by atoms with E-state index in [4.69, 9.17) is 0 Å². The highest BCUT2D eigenvalue weighted by atomic mass is 16.1. The highest BCUT2D eigenvalue weighted by Gasteiger charge is 2.15. The standard InChI is InChI=1S/C22H17N7O/c1-15-19(13-24-29(15)18-5-3-2-4-6-18)22(30)25-17-9-7-16(8-10-17)20-11-12-21-26-23-14-28(21)27-20/h2-14H,1H3,(H,25,30). The molecule has 5 aromatic rings. The minimum absolute atomic E-state index is 0.202. The fraction of sp³-hybridized carbons (Fsp3) is 0.0455. The SMILES string of the molecule is Cc1c(C(=O)Nc2ccc(-c3ccc4nncn4n3)cc2)cnn1-c1ccccc1. The quantitative estimate of drug-likeness (QED) is 0.503. The van der Waals surface area contributed by atoms with Crippen LogP contribution in [0.25, 0.3) is 22.6 Å². The number of hydrogen-bond acceptors (Lipinski definition) is 5. The van der Waals surface area contributed by atoms with Crippen LogP contribution >= 0.6 is 0 Å². The van der Waals surface area contributed by atoms with E-state index in [2.05, 4.69) is 25.7 Å². The number of nitrogens with zero attached hydrogens (tertiary/aromatic N) is 6. The van der Waals surface area contributed by atoms with Gasteiger partial charge in [0.25, 0.3) is 5.91 Å². The first kappa shape index (κ1) is 17.7. The molecule has 0 fully saturated rings. The summed E-state index contributed by atoms with van der Waals surface area (Å²) >= 11 is 0. The van der Waals surface area contributed by atoms with Crippen molar-refractivity contribution in [3.63, 3.8) is 0 Å². The Morgan fingerprint density at radius 1 is 0.967 bits per heavy atom. The second-order valence-corrected chi connectivity index (χ2v) is 6.77. The van der Waals surface area contributed by atoms with Crippen LogP contribution in [0.15, 0.2) is 79.3 Å². The van der Waals surface area contributed by atoms with Gasteiger partial charge in [0.2, 0.25) is 0 Å². The predicted octanol–water partition coefficient (Wildman–Crippen LogP) is 3.54. The van der Waals surface area contributed by atoms with Crippen LogP contribution in [-0.2, 0) is 0 Å². The second-order valence-electron chi connectivity index (χ2n) is 6.77. The molecule has 0 saturated heterocycles. The van der Waals surface area contributed by atoms with Crippen LogP contribution in [0.5, 0.6) is 0 Å². The van der Waals surface area contributed by atoms with E-state index >= 15 is 0 Å². The van der Waals surface area contributed by atoms with Gasteiger partial charge >= 0.3 is 0 Å². The molecule has 0 unspecified atom stereocenters. The minimum Gasteiger partial charge on any atom is -0.322 e. The molecule has 3 heterocycles. The number of rotatable bonds is 4. The van der Waals surface area contributed by atoms with E-state index in [-0.39, 0.29) is 5.91 Å². The molecule has 0 atom stereocenters. The minimum atomic E-state index is -0.202. The Hall–Kier alpha value is -4.33. The molecular weight excluding hydrogens is 378 g/mol. The molecule has 30 heavy (non-hydrogen) atoms. The summed E-state index contributed by atoms with van der Waals surface area (Å²) in [5.74, 6) is -0.202. The van der Waals surface area contributed by atoms with Gasteiger partial charge in [-0.3, -0.25) is 4.79 Å². The maximum absolute atomic E-state index is 12.8. The molecule has 0 aliphatic rings.